The van der Waals surface area contributed by atoms with Crippen LogP contribution in [0.2, 0.25) is 18.1 Å². The lowest BCUT2D eigenvalue weighted by Crippen LogP contribution is -2.47. The molecule has 0 atom stereocenters. The fourth-order valence-corrected chi connectivity index (χ4v) is 3.58. The molecule has 0 aromatic heterocycles. The van der Waals surface area contributed by atoms with Gasteiger partial charge in [0.2, 0.25) is 0 Å². The van der Waals surface area contributed by atoms with Crippen molar-refractivity contribution in [1.82, 2.24) is 0 Å². The van der Waals surface area contributed by atoms with Crippen LogP contribution in [0.3, 0.4) is 0 Å². The Hall–Kier alpha value is 0.177. The molecule has 0 bridgehead atoms. The first kappa shape index (κ1) is 14.2. The Labute approximate surface area is 103 Å². The summed E-state index contributed by atoms with van der Waals surface area (Å²) in [7, 11) is -1.54. The highest BCUT2D eigenvalue weighted by atomic mass is 28.4. The Kier molecular flexibility index (Phi) is 3.96. The molecule has 2 heteroatoms. The number of hydrogen-bond donors (Lipinski definition) is 0. The molecule has 16 heavy (non-hydrogen) atoms. The Morgan fingerprint density at radius 1 is 1.25 bits per heavy atom. The fraction of sp³-hybridized carbons (Fsp3) is 1.00. The van der Waals surface area contributed by atoms with Crippen LogP contribution in [0.25, 0.3) is 0 Å². The summed E-state index contributed by atoms with van der Waals surface area (Å²) >= 11 is 0. The van der Waals surface area contributed by atoms with Gasteiger partial charge in [0.05, 0.1) is 0 Å². The van der Waals surface area contributed by atoms with Crippen LogP contribution in [0.4, 0.5) is 0 Å². The largest absolute Gasteiger partial charge is 0.416 e. The molecule has 0 aromatic rings. The van der Waals surface area contributed by atoms with Crippen LogP contribution in [-0.2, 0) is 4.43 Å². The van der Waals surface area contributed by atoms with Crippen molar-refractivity contribution in [3.63, 3.8) is 0 Å². The third-order valence-electron chi connectivity index (χ3n) is 4.86. The van der Waals surface area contributed by atoms with Crippen LogP contribution >= 0.6 is 0 Å². The molecule has 1 rings (SSSR count). The first-order valence-corrected chi connectivity index (χ1v) is 9.67. The molecule has 0 aliphatic heterocycles. The maximum absolute atomic E-state index is 6.38. The van der Waals surface area contributed by atoms with Gasteiger partial charge in [-0.1, -0.05) is 34.6 Å². The maximum Gasteiger partial charge on any atom is 0.192 e. The van der Waals surface area contributed by atoms with E-state index in [1.54, 1.807) is 0 Å². The van der Waals surface area contributed by atoms with Crippen molar-refractivity contribution >= 4 is 8.32 Å². The van der Waals surface area contributed by atoms with Crippen molar-refractivity contribution in [2.24, 2.45) is 11.3 Å². The van der Waals surface area contributed by atoms with Gasteiger partial charge in [-0.15, -0.1) is 0 Å². The molecule has 0 unspecified atom stereocenters. The number of rotatable bonds is 4. The van der Waals surface area contributed by atoms with E-state index in [-0.39, 0.29) is 0 Å². The van der Waals surface area contributed by atoms with Crippen LogP contribution < -0.4 is 0 Å². The summed E-state index contributed by atoms with van der Waals surface area (Å²) < 4.78 is 6.38. The second-order valence-electron chi connectivity index (χ2n) is 7.42. The summed E-state index contributed by atoms with van der Waals surface area (Å²) in [5.74, 6) is 0.919. The molecular weight excluding hydrogens is 212 g/mol. The first-order chi connectivity index (χ1) is 7.12. The molecule has 1 nitrogen and oxygen atoms in total. The fourth-order valence-electron chi connectivity index (χ4n) is 2.48. The molecule has 1 aliphatic rings. The minimum Gasteiger partial charge on any atom is -0.416 e. The molecule has 0 amide bonds. The molecular formula is C14H30OSi. The minimum absolute atomic E-state index is 0.345. The van der Waals surface area contributed by atoms with Crippen LogP contribution in [0.15, 0.2) is 0 Å². The summed E-state index contributed by atoms with van der Waals surface area (Å²) in [6.45, 7) is 17.4. The van der Waals surface area contributed by atoms with Crippen LogP contribution in [0, 0.1) is 11.3 Å². The highest BCUT2D eigenvalue weighted by molar-refractivity contribution is 6.74. The molecule has 96 valence electrons. The zero-order chi connectivity index (χ0) is 12.6. The van der Waals surface area contributed by atoms with Crippen LogP contribution in [0.5, 0.6) is 0 Å². The summed E-state index contributed by atoms with van der Waals surface area (Å²) in [6.07, 6.45) is 4.03. The lowest BCUT2D eigenvalue weighted by Gasteiger charge is -2.48. The van der Waals surface area contributed by atoms with Crippen LogP contribution in [-0.4, -0.2) is 14.9 Å². The smallest absolute Gasteiger partial charge is 0.192 e. The minimum atomic E-state index is -1.54. The Bertz CT molecular complexity index is 234. The van der Waals surface area contributed by atoms with Gasteiger partial charge < -0.3 is 4.43 Å². The monoisotopic (exact) mass is 242 g/mol. The topological polar surface area (TPSA) is 9.23 Å². The van der Waals surface area contributed by atoms with E-state index in [1.807, 2.05) is 0 Å². The van der Waals surface area contributed by atoms with E-state index >= 15 is 0 Å². The maximum atomic E-state index is 6.38. The Morgan fingerprint density at radius 3 is 2.06 bits per heavy atom. The third kappa shape index (κ3) is 2.89. The van der Waals surface area contributed by atoms with Gasteiger partial charge in [-0.05, 0) is 48.7 Å². The van der Waals surface area contributed by atoms with Gasteiger partial charge in [0, 0.05) is 6.61 Å². The molecule has 0 spiro atoms. The van der Waals surface area contributed by atoms with Crippen molar-refractivity contribution < 1.29 is 4.43 Å². The third-order valence-corrected chi connectivity index (χ3v) is 9.34. The second-order valence-corrected chi connectivity index (χ2v) is 12.2. The van der Waals surface area contributed by atoms with Gasteiger partial charge in [-0.3, -0.25) is 0 Å². The average Bonchev–Trinajstić information content (AvgIpc) is 2.08. The Morgan fingerprint density at radius 2 is 1.75 bits per heavy atom. The van der Waals surface area contributed by atoms with Crippen molar-refractivity contribution in [3.8, 4) is 0 Å². The van der Waals surface area contributed by atoms with Gasteiger partial charge in [0.25, 0.3) is 0 Å². The first-order valence-electron chi connectivity index (χ1n) is 6.76. The van der Waals surface area contributed by atoms with Crippen LogP contribution in [0.1, 0.15) is 53.9 Å². The molecule has 1 saturated carbocycles. The van der Waals surface area contributed by atoms with E-state index in [2.05, 4.69) is 47.7 Å². The predicted octanol–water partition coefficient (Wildman–Crippen LogP) is 4.83. The van der Waals surface area contributed by atoms with E-state index in [1.165, 1.54) is 19.3 Å². The zero-order valence-electron chi connectivity index (χ0n) is 12.3. The summed E-state index contributed by atoms with van der Waals surface area (Å²) in [6, 6.07) is 0. The van der Waals surface area contributed by atoms with Gasteiger partial charge in [0.15, 0.2) is 8.32 Å². The van der Waals surface area contributed by atoms with E-state index in [0.29, 0.717) is 10.5 Å². The molecule has 0 saturated heterocycles. The molecule has 0 heterocycles. The van der Waals surface area contributed by atoms with Gasteiger partial charge in [0.1, 0.15) is 0 Å². The van der Waals surface area contributed by atoms with E-state index < -0.39 is 8.32 Å². The van der Waals surface area contributed by atoms with E-state index in [9.17, 15) is 0 Å². The van der Waals surface area contributed by atoms with Crippen molar-refractivity contribution in [1.29, 1.82) is 0 Å². The summed E-state index contributed by atoms with van der Waals surface area (Å²) in [5.41, 5.74) is 0.523. The van der Waals surface area contributed by atoms with E-state index in [4.69, 9.17) is 4.43 Å². The Balaban J connectivity index is 2.51. The lowest BCUT2D eigenvalue weighted by atomic mass is 9.62. The quantitative estimate of drug-likeness (QED) is 0.641. The molecule has 0 aromatic carbocycles. The van der Waals surface area contributed by atoms with Gasteiger partial charge >= 0.3 is 0 Å². The molecule has 1 fully saturated rings. The summed E-state index contributed by atoms with van der Waals surface area (Å²) in [4.78, 5) is 0. The SMILES string of the molecule is CC[C@]1(CO[Si](C)(C)C(C)(C)C)C[C@H](C)C1. The van der Waals surface area contributed by atoms with Crippen molar-refractivity contribution in [2.45, 2.75) is 72.0 Å². The average molecular weight is 242 g/mol. The normalized spacial score (nSPS) is 31.3. The van der Waals surface area contributed by atoms with Gasteiger partial charge in [-0.25, -0.2) is 0 Å². The van der Waals surface area contributed by atoms with Gasteiger partial charge in [-0.2, -0.15) is 0 Å². The highest BCUT2D eigenvalue weighted by Gasteiger charge is 2.44. The summed E-state index contributed by atoms with van der Waals surface area (Å²) in [5, 5.41) is 0.345. The van der Waals surface area contributed by atoms with E-state index in [0.717, 1.165) is 12.5 Å². The zero-order valence-corrected chi connectivity index (χ0v) is 13.3. The standard InChI is InChI=1S/C14H30OSi/c1-8-14(9-12(2)10-14)11-15-16(6,7)13(3,4)5/h12H,8-11H2,1-7H3/t12-,14-. The predicted molar refractivity (Wildman–Crippen MR) is 74.3 cm³/mol. The lowest BCUT2D eigenvalue weighted by molar-refractivity contribution is 0.00398. The highest BCUT2D eigenvalue weighted by Crippen LogP contribution is 2.49. The molecule has 0 N–H and O–H groups in total. The van der Waals surface area contributed by atoms with Crippen molar-refractivity contribution in [2.75, 3.05) is 6.61 Å². The molecule has 1 aliphatic carbocycles. The second kappa shape index (κ2) is 4.45. The number of hydrogen-bond acceptors (Lipinski definition) is 1. The van der Waals surface area contributed by atoms with Crippen molar-refractivity contribution in [3.05, 3.63) is 0 Å². The molecule has 0 radical (unpaired) electrons.